The zero-order valence-corrected chi connectivity index (χ0v) is 10.7. The average molecular weight is 248 g/mol. The molecular weight excluding hydrogens is 228 g/mol. The average Bonchev–Trinajstić information content (AvgIpc) is 2.43. The second-order valence-electron chi connectivity index (χ2n) is 4.53. The van der Waals surface area contributed by atoms with Gasteiger partial charge in [0.15, 0.2) is 0 Å². The summed E-state index contributed by atoms with van der Waals surface area (Å²) in [6.07, 6.45) is 1.74. The van der Waals surface area contributed by atoms with Gasteiger partial charge in [-0.3, -0.25) is 4.79 Å². The molecule has 2 rings (SSSR count). The maximum Gasteiger partial charge on any atom is 0.245 e. The molecule has 1 amide bonds. The highest BCUT2D eigenvalue weighted by Gasteiger charge is 2.26. The molecule has 2 N–H and O–H groups in total. The van der Waals surface area contributed by atoms with Gasteiger partial charge in [-0.15, -0.1) is 0 Å². The summed E-state index contributed by atoms with van der Waals surface area (Å²) in [4.78, 5) is 14.0. The first-order valence-electron chi connectivity index (χ1n) is 6.50. The van der Waals surface area contributed by atoms with E-state index in [1.54, 1.807) is 4.90 Å². The standard InChI is InChI=1S/C14H20N2O2/c1-2-16(9-10-17)14(18)13-8-7-11-5-3-4-6-12(11)15-13/h3-6,13,15,17H,2,7-10H2,1H3. The molecule has 0 spiro atoms. The van der Waals surface area contributed by atoms with Crippen molar-refractivity contribution in [3.63, 3.8) is 0 Å². The lowest BCUT2D eigenvalue weighted by Gasteiger charge is -2.30. The van der Waals surface area contributed by atoms with Crippen LogP contribution in [-0.2, 0) is 11.2 Å². The van der Waals surface area contributed by atoms with Crippen LogP contribution >= 0.6 is 0 Å². The lowest BCUT2D eigenvalue weighted by Crippen LogP contribution is -2.45. The van der Waals surface area contributed by atoms with E-state index in [4.69, 9.17) is 5.11 Å². The second kappa shape index (κ2) is 5.87. The van der Waals surface area contributed by atoms with Crippen LogP contribution in [-0.4, -0.2) is 41.7 Å². The van der Waals surface area contributed by atoms with Gasteiger partial charge in [0.2, 0.25) is 5.91 Å². The van der Waals surface area contributed by atoms with Crippen molar-refractivity contribution in [3.8, 4) is 0 Å². The third-order valence-electron chi connectivity index (χ3n) is 3.41. The number of fused-ring (bicyclic) bond motifs is 1. The Morgan fingerprint density at radius 1 is 1.50 bits per heavy atom. The van der Waals surface area contributed by atoms with Crippen LogP contribution in [0.1, 0.15) is 18.9 Å². The first kappa shape index (κ1) is 12.9. The maximum absolute atomic E-state index is 12.3. The first-order valence-corrected chi connectivity index (χ1v) is 6.50. The van der Waals surface area contributed by atoms with E-state index in [1.807, 2.05) is 25.1 Å². The van der Waals surface area contributed by atoms with Crippen molar-refractivity contribution in [2.24, 2.45) is 0 Å². The molecule has 0 saturated heterocycles. The Hall–Kier alpha value is -1.55. The summed E-state index contributed by atoms with van der Waals surface area (Å²) < 4.78 is 0. The van der Waals surface area contributed by atoms with Crippen molar-refractivity contribution in [1.82, 2.24) is 4.90 Å². The number of rotatable bonds is 4. The highest BCUT2D eigenvalue weighted by molar-refractivity contribution is 5.85. The molecular formula is C14H20N2O2. The van der Waals surface area contributed by atoms with Crippen LogP contribution in [0.2, 0.25) is 0 Å². The van der Waals surface area contributed by atoms with Crippen LogP contribution in [0.15, 0.2) is 24.3 Å². The van der Waals surface area contributed by atoms with Gasteiger partial charge in [0.1, 0.15) is 6.04 Å². The minimum absolute atomic E-state index is 0.0168. The molecule has 1 aliphatic rings. The Bertz CT molecular complexity index is 420. The minimum Gasteiger partial charge on any atom is -0.395 e. The Morgan fingerprint density at radius 2 is 2.28 bits per heavy atom. The number of anilines is 1. The van der Waals surface area contributed by atoms with Gasteiger partial charge in [-0.25, -0.2) is 0 Å². The Labute approximate surface area is 108 Å². The van der Waals surface area contributed by atoms with E-state index in [2.05, 4.69) is 11.4 Å². The van der Waals surface area contributed by atoms with Crippen molar-refractivity contribution in [2.45, 2.75) is 25.8 Å². The number of nitrogens with zero attached hydrogens (tertiary/aromatic N) is 1. The fraction of sp³-hybridized carbons (Fsp3) is 0.500. The molecule has 1 atom stereocenters. The molecule has 4 nitrogen and oxygen atoms in total. The predicted octanol–water partition coefficient (Wildman–Crippen LogP) is 1.25. The molecule has 98 valence electrons. The Balaban J connectivity index is 2.06. The monoisotopic (exact) mass is 248 g/mol. The van der Waals surface area contributed by atoms with Gasteiger partial charge in [0.05, 0.1) is 6.61 Å². The number of nitrogens with one attached hydrogen (secondary N) is 1. The molecule has 18 heavy (non-hydrogen) atoms. The summed E-state index contributed by atoms with van der Waals surface area (Å²) in [6, 6.07) is 7.94. The Kier molecular flexibility index (Phi) is 4.20. The topological polar surface area (TPSA) is 52.6 Å². The molecule has 0 fully saturated rings. The normalized spacial score (nSPS) is 17.8. The van der Waals surface area contributed by atoms with Crippen LogP contribution in [0, 0.1) is 0 Å². The fourth-order valence-electron chi connectivity index (χ4n) is 2.39. The highest BCUT2D eigenvalue weighted by atomic mass is 16.3. The summed E-state index contributed by atoms with van der Waals surface area (Å²) in [7, 11) is 0. The zero-order valence-electron chi connectivity index (χ0n) is 10.7. The van der Waals surface area contributed by atoms with Crippen LogP contribution in [0.3, 0.4) is 0 Å². The number of para-hydroxylation sites is 1. The molecule has 4 heteroatoms. The molecule has 1 aliphatic heterocycles. The summed E-state index contributed by atoms with van der Waals surface area (Å²) >= 11 is 0. The summed E-state index contributed by atoms with van der Waals surface area (Å²) in [5, 5.41) is 12.3. The fourth-order valence-corrected chi connectivity index (χ4v) is 2.39. The number of aryl methyl sites for hydroxylation is 1. The van der Waals surface area contributed by atoms with Crippen molar-refractivity contribution < 1.29 is 9.90 Å². The SMILES string of the molecule is CCN(CCO)C(=O)C1CCc2ccccc2N1. The minimum atomic E-state index is -0.161. The molecule has 0 bridgehead atoms. The number of likely N-dealkylation sites (N-methyl/N-ethyl adjacent to an activating group) is 1. The van der Waals surface area contributed by atoms with Crippen LogP contribution in [0.25, 0.3) is 0 Å². The quantitative estimate of drug-likeness (QED) is 0.843. The number of hydrogen-bond donors (Lipinski definition) is 2. The van der Waals surface area contributed by atoms with Gasteiger partial charge in [0.25, 0.3) is 0 Å². The van der Waals surface area contributed by atoms with E-state index in [1.165, 1.54) is 5.56 Å². The molecule has 1 aromatic carbocycles. The third-order valence-corrected chi connectivity index (χ3v) is 3.41. The second-order valence-corrected chi connectivity index (χ2v) is 4.53. The number of aliphatic hydroxyl groups excluding tert-OH is 1. The predicted molar refractivity (Wildman–Crippen MR) is 71.5 cm³/mol. The number of aliphatic hydroxyl groups is 1. The maximum atomic E-state index is 12.3. The third kappa shape index (κ3) is 2.64. The van der Waals surface area contributed by atoms with Crippen LogP contribution < -0.4 is 5.32 Å². The van der Waals surface area contributed by atoms with Crippen molar-refractivity contribution in [3.05, 3.63) is 29.8 Å². The van der Waals surface area contributed by atoms with E-state index < -0.39 is 0 Å². The van der Waals surface area contributed by atoms with Crippen LogP contribution in [0.4, 0.5) is 5.69 Å². The van der Waals surface area contributed by atoms with E-state index in [-0.39, 0.29) is 18.6 Å². The molecule has 1 aromatic rings. The van der Waals surface area contributed by atoms with Gasteiger partial charge in [0, 0.05) is 18.8 Å². The number of carbonyl (C=O) groups is 1. The first-order chi connectivity index (χ1) is 8.76. The largest absolute Gasteiger partial charge is 0.395 e. The lowest BCUT2D eigenvalue weighted by atomic mass is 9.97. The van der Waals surface area contributed by atoms with Crippen molar-refractivity contribution in [2.75, 3.05) is 25.0 Å². The lowest BCUT2D eigenvalue weighted by molar-refractivity contribution is -0.132. The molecule has 1 heterocycles. The molecule has 0 saturated carbocycles. The summed E-state index contributed by atoms with van der Waals surface area (Å²) in [5.74, 6) is 0.0843. The number of carbonyl (C=O) groups excluding carboxylic acids is 1. The summed E-state index contributed by atoms with van der Waals surface area (Å²) in [6.45, 7) is 3.00. The van der Waals surface area contributed by atoms with E-state index in [0.29, 0.717) is 13.1 Å². The van der Waals surface area contributed by atoms with E-state index in [9.17, 15) is 4.79 Å². The smallest absolute Gasteiger partial charge is 0.245 e. The van der Waals surface area contributed by atoms with Crippen molar-refractivity contribution >= 4 is 11.6 Å². The molecule has 1 unspecified atom stereocenters. The molecule has 0 aliphatic carbocycles. The van der Waals surface area contributed by atoms with Crippen LogP contribution in [0.5, 0.6) is 0 Å². The van der Waals surface area contributed by atoms with Crippen molar-refractivity contribution in [1.29, 1.82) is 0 Å². The molecule has 0 aromatic heterocycles. The number of benzene rings is 1. The van der Waals surface area contributed by atoms with Gasteiger partial charge in [-0.1, -0.05) is 18.2 Å². The number of hydrogen-bond acceptors (Lipinski definition) is 3. The summed E-state index contributed by atoms with van der Waals surface area (Å²) in [5.41, 5.74) is 2.33. The zero-order chi connectivity index (χ0) is 13.0. The Morgan fingerprint density at radius 3 is 3.00 bits per heavy atom. The van der Waals surface area contributed by atoms with Gasteiger partial charge in [-0.05, 0) is 31.4 Å². The van der Waals surface area contributed by atoms with Gasteiger partial charge >= 0.3 is 0 Å². The van der Waals surface area contributed by atoms with E-state index in [0.717, 1.165) is 18.5 Å². The van der Waals surface area contributed by atoms with E-state index >= 15 is 0 Å². The van der Waals surface area contributed by atoms with Gasteiger partial charge < -0.3 is 15.3 Å². The number of amides is 1. The highest BCUT2D eigenvalue weighted by Crippen LogP contribution is 2.24. The molecule has 0 radical (unpaired) electrons. The van der Waals surface area contributed by atoms with Gasteiger partial charge in [-0.2, -0.15) is 0 Å².